The van der Waals surface area contributed by atoms with Crippen molar-refractivity contribution in [1.29, 1.82) is 0 Å². The molecule has 0 amide bonds. The fourth-order valence-electron chi connectivity index (χ4n) is 1.24. The van der Waals surface area contributed by atoms with Gasteiger partial charge in [0.25, 0.3) is 0 Å². The average molecular weight is 337 g/mol. The number of nitrogens with one attached hydrogen (secondary N) is 1. The summed E-state index contributed by atoms with van der Waals surface area (Å²) in [5.41, 5.74) is -0.522. The van der Waals surface area contributed by atoms with E-state index >= 15 is 0 Å². The first kappa shape index (κ1) is 15.4. The maximum atomic E-state index is 12.3. The Hall–Kier alpha value is -0.660. The van der Waals surface area contributed by atoms with E-state index < -0.39 is 15.6 Å². The van der Waals surface area contributed by atoms with Gasteiger partial charge in [-0.2, -0.15) is 0 Å². The molecule has 5 nitrogen and oxygen atoms in total. The van der Waals surface area contributed by atoms with Crippen LogP contribution in [-0.2, 0) is 10.0 Å². The van der Waals surface area contributed by atoms with E-state index in [0.717, 1.165) is 0 Å². The van der Waals surface area contributed by atoms with Crippen molar-refractivity contribution in [2.24, 2.45) is 0 Å². The van der Waals surface area contributed by atoms with Crippen molar-refractivity contribution < 1.29 is 13.2 Å². The molecule has 0 aromatic carbocycles. The van der Waals surface area contributed by atoms with Crippen molar-refractivity contribution in [3.63, 3.8) is 0 Å². The zero-order valence-corrected chi connectivity index (χ0v) is 13.2. The van der Waals surface area contributed by atoms with Crippen LogP contribution in [-0.4, -0.2) is 26.1 Å². The van der Waals surface area contributed by atoms with E-state index in [-0.39, 0.29) is 10.8 Å². The first-order valence-electron chi connectivity index (χ1n) is 5.45. The van der Waals surface area contributed by atoms with Gasteiger partial charge in [0.2, 0.25) is 15.9 Å². The summed E-state index contributed by atoms with van der Waals surface area (Å²) in [5, 5.41) is 0. The topological polar surface area (TPSA) is 68.3 Å². The first-order chi connectivity index (χ1) is 8.22. The molecule has 1 aromatic rings. The van der Waals surface area contributed by atoms with Gasteiger partial charge in [0.05, 0.1) is 7.11 Å². The summed E-state index contributed by atoms with van der Waals surface area (Å²) in [6.45, 7) is 5.56. The average Bonchev–Trinajstić information content (AvgIpc) is 2.28. The number of pyridine rings is 1. The van der Waals surface area contributed by atoms with E-state index in [1.807, 2.05) is 20.8 Å². The number of nitrogens with zero attached hydrogens (tertiary/aromatic N) is 1. The minimum Gasteiger partial charge on any atom is -0.480 e. The van der Waals surface area contributed by atoms with Crippen molar-refractivity contribution >= 4 is 26.0 Å². The lowest BCUT2D eigenvalue weighted by Crippen LogP contribution is -2.42. The summed E-state index contributed by atoms with van der Waals surface area (Å²) in [7, 11) is -2.27. The van der Waals surface area contributed by atoms with Gasteiger partial charge < -0.3 is 4.74 Å². The molecule has 0 saturated heterocycles. The smallest absolute Gasteiger partial charge is 0.246 e. The lowest BCUT2D eigenvalue weighted by atomic mass is 10.0. The van der Waals surface area contributed by atoms with E-state index in [0.29, 0.717) is 10.9 Å². The second kappa shape index (κ2) is 5.54. The molecule has 1 N–H and O–H groups in total. The Morgan fingerprint density at radius 2 is 2.11 bits per heavy atom. The summed E-state index contributed by atoms with van der Waals surface area (Å²) < 4.78 is 32.8. The first-order valence-corrected chi connectivity index (χ1v) is 7.73. The highest BCUT2D eigenvalue weighted by molar-refractivity contribution is 9.10. The molecule has 0 saturated carbocycles. The molecule has 102 valence electrons. The van der Waals surface area contributed by atoms with Gasteiger partial charge in [-0.25, -0.2) is 18.1 Å². The summed E-state index contributed by atoms with van der Waals surface area (Å²) in [6, 6.07) is 1.47. The van der Waals surface area contributed by atoms with E-state index in [1.54, 1.807) is 0 Å². The Labute approximate surface area is 116 Å². The van der Waals surface area contributed by atoms with E-state index in [9.17, 15) is 8.42 Å². The van der Waals surface area contributed by atoms with E-state index in [2.05, 4.69) is 25.6 Å². The number of hydrogen-bond donors (Lipinski definition) is 1. The fourth-order valence-corrected chi connectivity index (χ4v) is 3.36. The molecule has 0 atom stereocenters. The molecule has 18 heavy (non-hydrogen) atoms. The largest absolute Gasteiger partial charge is 0.480 e. The number of methoxy groups -OCH3 is 1. The second-order valence-electron chi connectivity index (χ2n) is 4.50. The number of rotatable bonds is 5. The third-order valence-corrected chi connectivity index (χ3v) is 4.69. The molecule has 0 aliphatic rings. The lowest BCUT2D eigenvalue weighted by molar-refractivity contribution is 0.382. The van der Waals surface area contributed by atoms with E-state index in [4.69, 9.17) is 4.74 Å². The van der Waals surface area contributed by atoms with Gasteiger partial charge in [0.15, 0.2) is 0 Å². The van der Waals surface area contributed by atoms with Crippen molar-refractivity contribution in [3.8, 4) is 5.88 Å². The van der Waals surface area contributed by atoms with Crippen molar-refractivity contribution in [3.05, 3.63) is 16.7 Å². The number of sulfonamides is 1. The number of hydrogen-bond acceptors (Lipinski definition) is 4. The highest BCUT2D eigenvalue weighted by Gasteiger charge is 2.28. The minimum absolute atomic E-state index is 0.0286. The Balaban J connectivity index is 3.24. The Morgan fingerprint density at radius 1 is 1.50 bits per heavy atom. The molecule has 0 unspecified atom stereocenters. The SMILES string of the molecule is CCC(C)(C)NS(=O)(=O)c1cc(Br)cnc1OC. The van der Waals surface area contributed by atoms with Crippen molar-refractivity contribution in [1.82, 2.24) is 9.71 Å². The molecular formula is C11H17BrN2O3S. The van der Waals surface area contributed by atoms with Gasteiger partial charge in [0.1, 0.15) is 4.90 Å². The third-order valence-electron chi connectivity index (χ3n) is 2.56. The van der Waals surface area contributed by atoms with Crippen LogP contribution in [0.15, 0.2) is 21.6 Å². The summed E-state index contributed by atoms with van der Waals surface area (Å²) >= 11 is 3.20. The minimum atomic E-state index is -3.66. The maximum Gasteiger partial charge on any atom is 0.246 e. The van der Waals surface area contributed by atoms with Crippen LogP contribution in [0.3, 0.4) is 0 Å². The zero-order chi connectivity index (χ0) is 14.0. The predicted octanol–water partition coefficient (Wildman–Crippen LogP) is 2.32. The second-order valence-corrected chi connectivity index (χ2v) is 7.07. The molecule has 1 heterocycles. The van der Waals surface area contributed by atoms with Crippen LogP contribution in [0, 0.1) is 0 Å². The number of halogens is 1. The molecule has 0 spiro atoms. The molecular weight excluding hydrogens is 320 g/mol. The Kier molecular flexibility index (Phi) is 4.74. The predicted molar refractivity (Wildman–Crippen MR) is 73.2 cm³/mol. The third kappa shape index (κ3) is 3.66. The van der Waals surface area contributed by atoms with Crippen LogP contribution in [0.25, 0.3) is 0 Å². The zero-order valence-electron chi connectivity index (χ0n) is 10.8. The van der Waals surface area contributed by atoms with Crippen LogP contribution in [0.4, 0.5) is 0 Å². The molecule has 0 radical (unpaired) electrons. The van der Waals surface area contributed by atoms with E-state index in [1.165, 1.54) is 19.4 Å². The van der Waals surface area contributed by atoms with Crippen LogP contribution in [0.2, 0.25) is 0 Å². The molecule has 7 heteroatoms. The molecule has 1 aromatic heterocycles. The van der Waals surface area contributed by atoms with Gasteiger partial charge in [-0.05, 0) is 42.3 Å². The highest BCUT2D eigenvalue weighted by Crippen LogP contribution is 2.25. The Morgan fingerprint density at radius 3 is 2.61 bits per heavy atom. The van der Waals surface area contributed by atoms with Crippen LogP contribution in [0.5, 0.6) is 5.88 Å². The maximum absolute atomic E-state index is 12.3. The lowest BCUT2D eigenvalue weighted by Gasteiger charge is -2.24. The molecule has 0 fully saturated rings. The van der Waals surface area contributed by atoms with Gasteiger partial charge in [0, 0.05) is 16.2 Å². The monoisotopic (exact) mass is 336 g/mol. The molecule has 1 rings (SSSR count). The summed E-state index contributed by atoms with van der Waals surface area (Å²) in [4.78, 5) is 3.96. The fraction of sp³-hybridized carbons (Fsp3) is 0.545. The molecule has 0 bridgehead atoms. The standard InChI is InChI=1S/C11H17BrN2O3S/c1-5-11(2,3)14-18(15,16)9-6-8(12)7-13-10(9)17-4/h6-7,14H,5H2,1-4H3. The van der Waals surface area contributed by atoms with Gasteiger partial charge in [-0.3, -0.25) is 0 Å². The quantitative estimate of drug-likeness (QED) is 0.895. The van der Waals surface area contributed by atoms with Crippen LogP contribution >= 0.6 is 15.9 Å². The van der Waals surface area contributed by atoms with Crippen LogP contribution in [0.1, 0.15) is 27.2 Å². The Bertz CT molecular complexity index is 529. The summed E-state index contributed by atoms with van der Waals surface area (Å²) in [5.74, 6) is 0.0811. The number of ether oxygens (including phenoxy) is 1. The van der Waals surface area contributed by atoms with Crippen molar-refractivity contribution in [2.45, 2.75) is 37.6 Å². The van der Waals surface area contributed by atoms with Gasteiger partial charge in [-0.15, -0.1) is 0 Å². The van der Waals surface area contributed by atoms with Crippen molar-refractivity contribution in [2.75, 3.05) is 7.11 Å². The van der Waals surface area contributed by atoms with Gasteiger partial charge >= 0.3 is 0 Å². The summed E-state index contributed by atoms with van der Waals surface area (Å²) in [6.07, 6.45) is 2.17. The number of aromatic nitrogens is 1. The van der Waals surface area contributed by atoms with Crippen LogP contribution < -0.4 is 9.46 Å². The normalized spacial score (nSPS) is 12.5. The highest BCUT2D eigenvalue weighted by atomic mass is 79.9. The molecule has 0 aliphatic carbocycles. The van der Waals surface area contributed by atoms with Gasteiger partial charge in [-0.1, -0.05) is 6.92 Å². The molecule has 0 aliphatic heterocycles.